The maximum Gasteiger partial charge on any atom is 0.144 e. The SMILES string of the molecule is Cc1cc(Cl)c(O)c(C=Nc2cc(Br)c(O)c(Br)c2)c1. The van der Waals surface area contributed by atoms with Crippen LogP contribution in [0.1, 0.15) is 11.1 Å². The van der Waals surface area contributed by atoms with Gasteiger partial charge in [-0.3, -0.25) is 4.99 Å². The highest BCUT2D eigenvalue weighted by Gasteiger charge is 2.07. The van der Waals surface area contributed by atoms with Crippen molar-refractivity contribution < 1.29 is 10.2 Å². The van der Waals surface area contributed by atoms with Crippen molar-refractivity contribution in [3.63, 3.8) is 0 Å². The van der Waals surface area contributed by atoms with Gasteiger partial charge in [0.1, 0.15) is 11.5 Å². The van der Waals surface area contributed by atoms with Gasteiger partial charge in [0, 0.05) is 11.8 Å². The van der Waals surface area contributed by atoms with Gasteiger partial charge in [0.2, 0.25) is 0 Å². The molecule has 2 aromatic rings. The molecule has 0 aromatic heterocycles. The molecule has 0 fully saturated rings. The highest BCUT2D eigenvalue weighted by Crippen LogP contribution is 2.36. The van der Waals surface area contributed by atoms with Gasteiger partial charge in [0.15, 0.2) is 0 Å². The molecule has 0 radical (unpaired) electrons. The second-order valence-corrected chi connectivity index (χ2v) is 6.32. The number of hydrogen-bond acceptors (Lipinski definition) is 3. The summed E-state index contributed by atoms with van der Waals surface area (Å²) in [6.07, 6.45) is 1.53. The van der Waals surface area contributed by atoms with Crippen molar-refractivity contribution >= 4 is 55.4 Å². The van der Waals surface area contributed by atoms with E-state index >= 15 is 0 Å². The number of phenolic OH excluding ortho intramolecular Hbond substituents is 2. The lowest BCUT2D eigenvalue weighted by molar-refractivity contribution is 0.468. The van der Waals surface area contributed by atoms with Crippen molar-refractivity contribution in [2.45, 2.75) is 6.92 Å². The Hall–Kier alpha value is -1.04. The molecular formula is C14H10Br2ClNO2. The van der Waals surface area contributed by atoms with E-state index in [1.165, 1.54) is 6.21 Å². The van der Waals surface area contributed by atoms with Crippen LogP contribution >= 0.6 is 43.5 Å². The number of rotatable bonds is 2. The van der Waals surface area contributed by atoms with Gasteiger partial charge in [-0.25, -0.2) is 0 Å². The lowest BCUT2D eigenvalue weighted by Gasteiger charge is -2.04. The van der Waals surface area contributed by atoms with E-state index in [4.69, 9.17) is 11.6 Å². The number of halogens is 3. The molecule has 0 spiro atoms. The number of hydrogen-bond donors (Lipinski definition) is 2. The van der Waals surface area contributed by atoms with E-state index in [-0.39, 0.29) is 11.5 Å². The van der Waals surface area contributed by atoms with Crippen LogP contribution in [0.2, 0.25) is 5.02 Å². The summed E-state index contributed by atoms with van der Waals surface area (Å²) < 4.78 is 1.07. The van der Waals surface area contributed by atoms with Crippen molar-refractivity contribution in [2.75, 3.05) is 0 Å². The average molecular weight is 420 g/mol. The number of aliphatic imine (C=N–C) groups is 1. The summed E-state index contributed by atoms with van der Waals surface area (Å²) in [7, 11) is 0. The second-order valence-electron chi connectivity index (χ2n) is 4.20. The standard InChI is InChI=1S/C14H10Br2ClNO2/c1-7-2-8(13(19)12(17)3-7)6-18-9-4-10(15)14(20)11(16)5-9/h2-6,19-20H,1H3. The zero-order valence-electron chi connectivity index (χ0n) is 10.4. The van der Waals surface area contributed by atoms with Gasteiger partial charge in [-0.2, -0.15) is 0 Å². The van der Waals surface area contributed by atoms with Gasteiger partial charge in [-0.15, -0.1) is 0 Å². The Bertz CT molecular complexity index is 679. The van der Waals surface area contributed by atoms with E-state index in [0.717, 1.165) is 5.56 Å². The Labute approximate surface area is 138 Å². The highest BCUT2D eigenvalue weighted by atomic mass is 79.9. The van der Waals surface area contributed by atoms with Crippen LogP contribution < -0.4 is 0 Å². The van der Waals surface area contributed by atoms with Crippen LogP contribution in [-0.4, -0.2) is 16.4 Å². The topological polar surface area (TPSA) is 52.8 Å². The number of aromatic hydroxyl groups is 2. The number of benzene rings is 2. The summed E-state index contributed by atoms with van der Waals surface area (Å²) in [5.74, 6) is 0.114. The minimum absolute atomic E-state index is 0.00192. The summed E-state index contributed by atoms with van der Waals surface area (Å²) in [6.45, 7) is 1.89. The Kier molecular flexibility index (Phi) is 4.73. The first-order chi connectivity index (χ1) is 9.38. The lowest BCUT2D eigenvalue weighted by atomic mass is 10.1. The summed E-state index contributed by atoms with van der Waals surface area (Å²) in [5, 5.41) is 19.8. The first kappa shape index (κ1) is 15.4. The van der Waals surface area contributed by atoms with Crippen molar-refractivity contribution in [2.24, 2.45) is 4.99 Å². The molecule has 0 aliphatic heterocycles. The van der Waals surface area contributed by atoms with Crippen molar-refractivity contribution in [3.05, 3.63) is 49.4 Å². The fourth-order valence-electron chi connectivity index (χ4n) is 1.63. The molecule has 0 aliphatic carbocycles. The molecule has 0 saturated carbocycles. The maximum atomic E-state index is 9.87. The minimum atomic E-state index is -0.00192. The zero-order valence-corrected chi connectivity index (χ0v) is 14.3. The average Bonchev–Trinajstić information content (AvgIpc) is 2.38. The fourth-order valence-corrected chi connectivity index (χ4v) is 3.07. The predicted molar refractivity (Wildman–Crippen MR) is 88.6 cm³/mol. The molecule has 6 heteroatoms. The van der Waals surface area contributed by atoms with Crippen LogP contribution in [0, 0.1) is 6.92 Å². The van der Waals surface area contributed by atoms with E-state index in [0.29, 0.717) is 25.2 Å². The summed E-state index contributed by atoms with van der Waals surface area (Å²) in [4.78, 5) is 4.27. The quantitative estimate of drug-likeness (QED) is 0.646. The molecule has 2 rings (SSSR count). The van der Waals surface area contributed by atoms with Gasteiger partial charge in [0.05, 0.1) is 19.7 Å². The second kappa shape index (κ2) is 6.16. The Morgan fingerprint density at radius 3 is 2.25 bits per heavy atom. The maximum absolute atomic E-state index is 9.87. The number of phenols is 2. The summed E-state index contributed by atoms with van der Waals surface area (Å²) in [5.41, 5.74) is 2.09. The molecule has 0 saturated heterocycles. The van der Waals surface area contributed by atoms with Crippen LogP contribution in [-0.2, 0) is 0 Å². The van der Waals surface area contributed by atoms with Crippen molar-refractivity contribution in [1.82, 2.24) is 0 Å². The highest BCUT2D eigenvalue weighted by molar-refractivity contribution is 9.11. The third-order valence-corrected chi connectivity index (χ3v) is 4.09. The molecule has 0 atom stereocenters. The molecule has 0 heterocycles. The normalized spacial score (nSPS) is 11.2. The summed E-state index contributed by atoms with van der Waals surface area (Å²) >= 11 is 12.4. The van der Waals surface area contributed by atoms with Crippen LogP contribution in [0.15, 0.2) is 38.2 Å². The fraction of sp³-hybridized carbons (Fsp3) is 0.0714. The molecule has 0 bridgehead atoms. The first-order valence-electron chi connectivity index (χ1n) is 5.59. The largest absolute Gasteiger partial charge is 0.506 e. The predicted octanol–water partition coefficient (Wildman–Crippen LogP) is 5.34. The molecule has 0 amide bonds. The molecule has 0 unspecified atom stereocenters. The molecule has 2 aromatic carbocycles. The van der Waals surface area contributed by atoms with Gasteiger partial charge in [0.25, 0.3) is 0 Å². The van der Waals surface area contributed by atoms with Gasteiger partial charge in [-0.05, 0) is 68.6 Å². The molecule has 2 N–H and O–H groups in total. The van der Waals surface area contributed by atoms with Crippen LogP contribution in [0.5, 0.6) is 11.5 Å². The first-order valence-corrected chi connectivity index (χ1v) is 7.56. The summed E-state index contributed by atoms with van der Waals surface area (Å²) in [6, 6.07) is 6.81. The van der Waals surface area contributed by atoms with Gasteiger partial charge >= 0.3 is 0 Å². The number of nitrogens with zero attached hydrogens (tertiary/aromatic N) is 1. The van der Waals surface area contributed by atoms with Crippen molar-refractivity contribution in [1.29, 1.82) is 0 Å². The van der Waals surface area contributed by atoms with Crippen LogP contribution in [0.4, 0.5) is 5.69 Å². The van der Waals surface area contributed by atoms with E-state index in [1.807, 2.05) is 6.92 Å². The minimum Gasteiger partial charge on any atom is -0.506 e. The van der Waals surface area contributed by atoms with Gasteiger partial charge in [-0.1, -0.05) is 11.6 Å². The Balaban J connectivity index is 2.40. The van der Waals surface area contributed by atoms with E-state index in [9.17, 15) is 10.2 Å². The van der Waals surface area contributed by atoms with Gasteiger partial charge < -0.3 is 10.2 Å². The van der Waals surface area contributed by atoms with E-state index < -0.39 is 0 Å². The molecule has 0 aliphatic rings. The molecule has 20 heavy (non-hydrogen) atoms. The molecule has 3 nitrogen and oxygen atoms in total. The van der Waals surface area contributed by atoms with E-state index in [1.54, 1.807) is 24.3 Å². The molecular weight excluding hydrogens is 409 g/mol. The third-order valence-electron chi connectivity index (χ3n) is 2.59. The van der Waals surface area contributed by atoms with Crippen molar-refractivity contribution in [3.8, 4) is 11.5 Å². The Morgan fingerprint density at radius 1 is 1.05 bits per heavy atom. The zero-order chi connectivity index (χ0) is 14.9. The van der Waals surface area contributed by atoms with E-state index in [2.05, 4.69) is 36.9 Å². The smallest absolute Gasteiger partial charge is 0.144 e. The third kappa shape index (κ3) is 3.34. The van der Waals surface area contributed by atoms with Crippen LogP contribution in [0.25, 0.3) is 0 Å². The number of aryl methyl sites for hydroxylation is 1. The molecule has 104 valence electrons. The van der Waals surface area contributed by atoms with Crippen LogP contribution in [0.3, 0.4) is 0 Å². The lowest BCUT2D eigenvalue weighted by Crippen LogP contribution is -1.86. The Morgan fingerprint density at radius 2 is 1.65 bits per heavy atom. The monoisotopic (exact) mass is 417 g/mol.